The van der Waals surface area contributed by atoms with Gasteiger partial charge in [-0.1, -0.05) is 55.4 Å². The van der Waals surface area contributed by atoms with Crippen LogP contribution < -0.4 is 5.14 Å². The standard InChI is InChI=1S/C21H24N2O5S/c1-3-14(4-2)21(24)27-20-13-19(28-23-20)17-7-5-15(6-8-17)16-9-11-18(12-10-16)29(22,25)26/h5-12,14,19H,3-4,13H2,1-2H3,(H2,22,25,26). The maximum Gasteiger partial charge on any atom is 0.315 e. The molecule has 1 aliphatic rings. The monoisotopic (exact) mass is 416 g/mol. The largest absolute Gasteiger partial charge is 0.408 e. The molecule has 0 fully saturated rings. The Morgan fingerprint density at radius 2 is 1.66 bits per heavy atom. The van der Waals surface area contributed by atoms with Crippen LogP contribution in [0.5, 0.6) is 0 Å². The van der Waals surface area contributed by atoms with Crippen LogP contribution in [0.1, 0.15) is 44.8 Å². The molecule has 2 aromatic carbocycles. The number of hydrogen-bond acceptors (Lipinski definition) is 6. The average Bonchev–Trinajstić information content (AvgIpc) is 3.17. The summed E-state index contributed by atoms with van der Waals surface area (Å²) in [6.45, 7) is 3.91. The predicted octanol–water partition coefficient (Wildman–Crippen LogP) is 3.76. The summed E-state index contributed by atoms with van der Waals surface area (Å²) in [6.07, 6.45) is 1.55. The molecular weight excluding hydrogens is 392 g/mol. The zero-order valence-electron chi connectivity index (χ0n) is 16.4. The molecule has 0 bridgehead atoms. The van der Waals surface area contributed by atoms with Gasteiger partial charge >= 0.3 is 5.97 Å². The third kappa shape index (κ3) is 5.02. The van der Waals surface area contributed by atoms with Gasteiger partial charge in [-0.2, -0.15) is 0 Å². The second kappa shape index (κ2) is 8.75. The molecule has 0 aromatic heterocycles. The summed E-state index contributed by atoms with van der Waals surface area (Å²) in [4.78, 5) is 17.6. The maximum absolute atomic E-state index is 12.1. The molecule has 1 aliphatic heterocycles. The van der Waals surface area contributed by atoms with Crippen molar-refractivity contribution < 1.29 is 22.8 Å². The summed E-state index contributed by atoms with van der Waals surface area (Å²) >= 11 is 0. The third-order valence-corrected chi connectivity index (χ3v) is 5.91. The molecule has 0 saturated heterocycles. The summed E-state index contributed by atoms with van der Waals surface area (Å²) < 4.78 is 28.1. The number of nitrogens with two attached hydrogens (primary N) is 1. The van der Waals surface area contributed by atoms with Crippen molar-refractivity contribution in [3.05, 3.63) is 54.1 Å². The van der Waals surface area contributed by atoms with E-state index in [9.17, 15) is 13.2 Å². The minimum absolute atomic E-state index is 0.0739. The van der Waals surface area contributed by atoms with E-state index in [2.05, 4.69) is 5.16 Å². The van der Waals surface area contributed by atoms with Gasteiger partial charge in [0, 0.05) is 0 Å². The van der Waals surface area contributed by atoms with Crippen molar-refractivity contribution in [1.29, 1.82) is 0 Å². The van der Waals surface area contributed by atoms with Crippen LogP contribution in [0.2, 0.25) is 0 Å². The highest BCUT2D eigenvalue weighted by Crippen LogP contribution is 2.30. The van der Waals surface area contributed by atoms with Gasteiger partial charge in [-0.05, 0) is 41.7 Å². The van der Waals surface area contributed by atoms with E-state index in [1.54, 1.807) is 12.1 Å². The smallest absolute Gasteiger partial charge is 0.315 e. The van der Waals surface area contributed by atoms with Gasteiger partial charge in [-0.15, -0.1) is 0 Å². The number of hydrogen-bond donors (Lipinski definition) is 1. The van der Waals surface area contributed by atoms with Gasteiger partial charge in [0.2, 0.25) is 15.9 Å². The highest BCUT2D eigenvalue weighted by atomic mass is 32.2. The highest BCUT2D eigenvalue weighted by Gasteiger charge is 2.27. The second-order valence-corrected chi connectivity index (χ2v) is 8.47. The summed E-state index contributed by atoms with van der Waals surface area (Å²) in [5.41, 5.74) is 2.70. The van der Waals surface area contributed by atoms with Gasteiger partial charge < -0.3 is 9.57 Å². The summed E-state index contributed by atoms with van der Waals surface area (Å²) in [5.74, 6) is -0.0949. The first-order valence-corrected chi connectivity index (χ1v) is 11.0. The van der Waals surface area contributed by atoms with Gasteiger partial charge in [0.15, 0.2) is 6.10 Å². The Labute approximate surface area is 170 Å². The number of ether oxygens (including phenoxy) is 1. The number of sulfonamides is 1. The zero-order valence-corrected chi connectivity index (χ0v) is 17.2. The van der Waals surface area contributed by atoms with Crippen LogP contribution in [-0.2, 0) is 24.4 Å². The van der Waals surface area contributed by atoms with Crippen LogP contribution in [0.15, 0.2) is 58.6 Å². The Kier molecular flexibility index (Phi) is 6.34. The lowest BCUT2D eigenvalue weighted by molar-refractivity contribution is -0.140. The number of nitrogens with zero attached hydrogens (tertiary/aromatic N) is 1. The first kappa shape index (κ1) is 21.0. The molecule has 0 radical (unpaired) electrons. The van der Waals surface area contributed by atoms with Crippen LogP contribution in [0.3, 0.4) is 0 Å². The SMILES string of the molecule is CCC(CC)C(=O)OC1=NOC(c2ccc(-c3ccc(S(N)(=O)=O)cc3)cc2)C1. The van der Waals surface area contributed by atoms with Crippen molar-refractivity contribution in [3.63, 3.8) is 0 Å². The number of oxime groups is 1. The van der Waals surface area contributed by atoms with Gasteiger partial charge in [0.05, 0.1) is 17.2 Å². The Morgan fingerprint density at radius 1 is 1.10 bits per heavy atom. The lowest BCUT2D eigenvalue weighted by Crippen LogP contribution is -2.19. The average molecular weight is 416 g/mol. The molecule has 0 amide bonds. The fourth-order valence-corrected chi connectivity index (χ4v) is 3.66. The van der Waals surface area contributed by atoms with E-state index in [1.165, 1.54) is 12.1 Å². The van der Waals surface area contributed by atoms with Crippen LogP contribution in [0.4, 0.5) is 0 Å². The third-order valence-electron chi connectivity index (χ3n) is 4.98. The fourth-order valence-electron chi connectivity index (χ4n) is 3.14. The maximum atomic E-state index is 12.1. The Hall–Kier alpha value is -2.71. The van der Waals surface area contributed by atoms with Gasteiger partial charge in [0.25, 0.3) is 0 Å². The number of primary sulfonamides is 1. The molecule has 7 nitrogen and oxygen atoms in total. The predicted molar refractivity (Wildman–Crippen MR) is 109 cm³/mol. The van der Waals surface area contributed by atoms with Crippen molar-refractivity contribution in [2.24, 2.45) is 16.2 Å². The molecule has 29 heavy (non-hydrogen) atoms. The molecule has 3 rings (SSSR count). The summed E-state index contributed by atoms with van der Waals surface area (Å²) in [6, 6.07) is 14.0. The topological polar surface area (TPSA) is 108 Å². The molecule has 1 heterocycles. The number of carbonyl (C=O) groups excluding carboxylic acids is 1. The Morgan fingerprint density at radius 3 is 2.17 bits per heavy atom. The summed E-state index contributed by atoms with van der Waals surface area (Å²) in [5, 5.41) is 9.03. The molecule has 8 heteroatoms. The fraction of sp³-hybridized carbons (Fsp3) is 0.333. The highest BCUT2D eigenvalue weighted by molar-refractivity contribution is 7.89. The lowest BCUT2D eigenvalue weighted by Gasteiger charge is -2.11. The Bertz CT molecular complexity index is 994. The number of rotatable bonds is 6. The van der Waals surface area contributed by atoms with E-state index in [1.807, 2.05) is 38.1 Å². The first-order chi connectivity index (χ1) is 13.8. The molecule has 2 aromatic rings. The second-order valence-electron chi connectivity index (χ2n) is 6.91. The van der Waals surface area contributed by atoms with Crippen LogP contribution in [-0.4, -0.2) is 20.3 Å². The van der Waals surface area contributed by atoms with E-state index < -0.39 is 10.0 Å². The van der Waals surface area contributed by atoms with Crippen molar-refractivity contribution in [2.75, 3.05) is 0 Å². The Balaban J connectivity index is 1.63. The first-order valence-electron chi connectivity index (χ1n) is 9.49. The summed E-state index contributed by atoms with van der Waals surface area (Å²) in [7, 11) is -3.71. The minimum Gasteiger partial charge on any atom is -0.408 e. The van der Waals surface area contributed by atoms with Crippen LogP contribution in [0, 0.1) is 5.92 Å². The van der Waals surface area contributed by atoms with Crippen LogP contribution in [0.25, 0.3) is 11.1 Å². The normalized spacial score (nSPS) is 16.4. The van der Waals surface area contributed by atoms with Crippen LogP contribution >= 0.6 is 0 Å². The molecule has 0 spiro atoms. The van der Waals surface area contributed by atoms with Gasteiger partial charge in [-0.25, -0.2) is 13.6 Å². The molecule has 1 atom stereocenters. The molecular formula is C21H24N2O5S. The van der Waals surface area contributed by atoms with Crippen molar-refractivity contribution in [3.8, 4) is 11.1 Å². The molecule has 0 saturated carbocycles. The minimum atomic E-state index is -3.71. The van der Waals surface area contributed by atoms with Crippen molar-refractivity contribution in [1.82, 2.24) is 0 Å². The van der Waals surface area contributed by atoms with E-state index >= 15 is 0 Å². The zero-order chi connectivity index (χ0) is 21.0. The quantitative estimate of drug-likeness (QED) is 0.722. The van der Waals surface area contributed by atoms with Crippen molar-refractivity contribution in [2.45, 2.75) is 44.1 Å². The van der Waals surface area contributed by atoms with E-state index in [0.29, 0.717) is 12.3 Å². The van der Waals surface area contributed by atoms with Gasteiger partial charge in [-0.3, -0.25) is 4.79 Å². The van der Waals surface area contributed by atoms with E-state index in [-0.39, 0.29) is 22.9 Å². The number of esters is 1. The molecule has 154 valence electrons. The van der Waals surface area contributed by atoms with Crippen molar-refractivity contribution >= 4 is 21.9 Å². The van der Waals surface area contributed by atoms with Gasteiger partial charge in [0.1, 0.15) is 0 Å². The number of carbonyl (C=O) groups is 1. The molecule has 1 unspecified atom stereocenters. The lowest BCUT2D eigenvalue weighted by atomic mass is 10.0. The molecule has 0 aliphatic carbocycles. The number of benzene rings is 2. The van der Waals surface area contributed by atoms with E-state index in [4.69, 9.17) is 14.7 Å². The molecule has 2 N–H and O–H groups in total. The van der Waals surface area contributed by atoms with E-state index in [0.717, 1.165) is 29.5 Å².